The third-order valence-electron chi connectivity index (χ3n) is 15.6. The second-order valence-corrected chi connectivity index (χ2v) is 18.9. The number of pyridine rings is 2. The van der Waals surface area contributed by atoms with Crippen LogP contribution in [0.25, 0.3) is 44.3 Å². The zero-order valence-corrected chi connectivity index (χ0v) is 38.6. The van der Waals surface area contributed by atoms with Crippen molar-refractivity contribution in [3.63, 3.8) is 0 Å². The molecule has 10 atom stereocenters. The number of aromatic nitrogens is 4. The number of piperidine rings is 6. The predicted molar refractivity (Wildman–Crippen MR) is 260 cm³/mol. The Morgan fingerprint density at radius 2 is 1.05 bits per heavy atom. The van der Waals surface area contributed by atoms with E-state index in [1.807, 2.05) is 54.9 Å². The van der Waals surface area contributed by atoms with E-state index in [4.69, 9.17) is 38.9 Å². The molecule has 4 unspecified atom stereocenters. The Kier molecular flexibility index (Phi) is 11.8. The summed E-state index contributed by atoms with van der Waals surface area (Å²) in [5.74, 6) is 5.70. The number of ether oxygens (including phenoxy) is 4. The second kappa shape index (κ2) is 18.3. The smallest absolute Gasteiger partial charge is 0.229 e. The van der Waals surface area contributed by atoms with Gasteiger partial charge in [-0.3, -0.25) is 19.8 Å². The van der Waals surface area contributed by atoms with Crippen LogP contribution in [0.3, 0.4) is 0 Å². The van der Waals surface area contributed by atoms with Crippen molar-refractivity contribution >= 4 is 21.8 Å². The molecule has 0 spiro atoms. The van der Waals surface area contributed by atoms with E-state index < -0.39 is 12.2 Å². The van der Waals surface area contributed by atoms with Crippen molar-refractivity contribution in [3.8, 4) is 45.8 Å². The lowest BCUT2D eigenvalue weighted by atomic mass is 9.72. The van der Waals surface area contributed by atoms with Crippen LogP contribution >= 0.6 is 0 Å². The highest BCUT2D eigenvalue weighted by Gasteiger charge is 2.47. The van der Waals surface area contributed by atoms with Crippen LogP contribution in [-0.4, -0.2) is 82.2 Å². The Morgan fingerprint density at radius 1 is 0.576 bits per heavy atom. The van der Waals surface area contributed by atoms with Gasteiger partial charge in [-0.1, -0.05) is 87.4 Å². The van der Waals surface area contributed by atoms with E-state index >= 15 is 0 Å². The van der Waals surface area contributed by atoms with E-state index in [2.05, 4.69) is 90.4 Å². The van der Waals surface area contributed by atoms with E-state index in [1.54, 1.807) is 14.2 Å². The molecular formula is C56H60N6O4. The molecule has 0 radical (unpaired) electrons. The quantitative estimate of drug-likeness (QED) is 0.105. The number of methoxy groups -OCH3 is 2. The van der Waals surface area contributed by atoms with Crippen molar-refractivity contribution in [1.29, 1.82) is 0 Å². The van der Waals surface area contributed by atoms with Crippen LogP contribution in [0.2, 0.25) is 0 Å². The minimum absolute atomic E-state index is 0.106. The lowest BCUT2D eigenvalue weighted by Gasteiger charge is -2.52. The molecule has 0 amide bonds. The van der Waals surface area contributed by atoms with E-state index in [0.717, 1.165) is 100 Å². The Bertz CT molecular complexity index is 2680. The molecule has 66 heavy (non-hydrogen) atoms. The van der Waals surface area contributed by atoms with Gasteiger partial charge in [0.05, 0.1) is 37.3 Å². The molecule has 4 bridgehead atoms. The first-order valence-electron chi connectivity index (χ1n) is 24.2. The molecule has 6 aliphatic rings. The summed E-state index contributed by atoms with van der Waals surface area (Å²) in [7, 11) is 3.44. The van der Waals surface area contributed by atoms with Gasteiger partial charge in [-0.25, -0.2) is 0 Å². The van der Waals surface area contributed by atoms with Crippen molar-refractivity contribution in [1.82, 2.24) is 29.7 Å². The van der Waals surface area contributed by atoms with Gasteiger partial charge in [0.1, 0.15) is 29.3 Å². The molecule has 0 aliphatic carbocycles. The predicted octanol–water partition coefficient (Wildman–Crippen LogP) is 11.4. The number of nitrogens with zero attached hydrogens (tertiary/aromatic N) is 6. The van der Waals surface area contributed by atoms with Gasteiger partial charge in [0.15, 0.2) is 5.82 Å². The van der Waals surface area contributed by atoms with E-state index in [-0.39, 0.29) is 12.1 Å². The van der Waals surface area contributed by atoms with Crippen LogP contribution in [0, 0.1) is 23.7 Å². The number of fused-ring (bicyclic) bond motifs is 8. The molecule has 7 aromatic rings. The molecule has 9 heterocycles. The van der Waals surface area contributed by atoms with Gasteiger partial charge in [-0.05, 0) is 117 Å². The van der Waals surface area contributed by atoms with E-state index in [0.29, 0.717) is 41.3 Å². The van der Waals surface area contributed by atoms with Crippen LogP contribution in [-0.2, 0) is 0 Å². The molecule has 338 valence electrons. The van der Waals surface area contributed by atoms with Gasteiger partial charge < -0.3 is 18.9 Å². The molecule has 0 N–H and O–H groups in total. The largest absolute Gasteiger partial charge is 0.497 e. The van der Waals surface area contributed by atoms with Gasteiger partial charge in [0.2, 0.25) is 11.8 Å². The summed E-state index contributed by atoms with van der Waals surface area (Å²) in [4.78, 5) is 26.0. The lowest BCUT2D eigenvalue weighted by Crippen LogP contribution is -2.56. The summed E-state index contributed by atoms with van der Waals surface area (Å²) in [5.41, 5.74) is 6.48. The fraction of sp³-hybridized carbons (Fsp3) is 0.393. The molecule has 6 aliphatic heterocycles. The van der Waals surface area contributed by atoms with Crippen LogP contribution in [0.4, 0.5) is 0 Å². The maximum absolute atomic E-state index is 7.76. The highest BCUT2D eigenvalue weighted by Crippen LogP contribution is 2.50. The maximum atomic E-state index is 7.76. The summed E-state index contributed by atoms with van der Waals surface area (Å²) in [5, 5.41) is 2.02. The zero-order chi connectivity index (χ0) is 44.7. The summed E-state index contributed by atoms with van der Waals surface area (Å²) in [6.45, 7) is 8.88. The van der Waals surface area contributed by atoms with Crippen molar-refractivity contribution in [2.24, 2.45) is 23.7 Å². The molecule has 0 saturated carbocycles. The first-order valence-corrected chi connectivity index (χ1v) is 24.2. The molecule has 13 rings (SSSR count). The first kappa shape index (κ1) is 42.5. The number of rotatable bonds is 14. The van der Waals surface area contributed by atoms with Crippen molar-refractivity contribution in [2.45, 2.75) is 76.7 Å². The van der Waals surface area contributed by atoms with Gasteiger partial charge in [0, 0.05) is 52.9 Å². The van der Waals surface area contributed by atoms with Crippen molar-refractivity contribution in [3.05, 3.63) is 133 Å². The number of hydrogen-bond acceptors (Lipinski definition) is 10. The molecule has 10 heteroatoms. The summed E-state index contributed by atoms with van der Waals surface area (Å²) in [6, 6.07) is 37.4. The highest BCUT2D eigenvalue weighted by atomic mass is 16.5. The van der Waals surface area contributed by atoms with Crippen LogP contribution in [0.5, 0.6) is 23.3 Å². The van der Waals surface area contributed by atoms with Crippen LogP contribution < -0.4 is 18.9 Å². The van der Waals surface area contributed by atoms with Gasteiger partial charge in [0.25, 0.3) is 0 Å². The van der Waals surface area contributed by atoms with Gasteiger partial charge >= 0.3 is 0 Å². The second-order valence-electron chi connectivity index (χ2n) is 18.9. The normalized spacial score (nSPS) is 25.4. The third-order valence-corrected chi connectivity index (χ3v) is 15.6. The standard InChI is InChI=1S/C56H60N6O4/c1-5-35-33-61-27-23-39(35)29-49(61)52(43-21-25-57-47-19-17-41(63-3)31-45(43)47)65-55-51(37-13-9-7-10-14-37)56(60-54(59-55)38-15-11-8-12-16-38)66-53(50-30-40-24-28-62(50)34-36(40)6-2)44-22-26-58-48-20-18-42(64-4)32-46(44)48/h7-22,25-26,31-32,35-36,39-40,49-50,52-53H,5-6,23-24,27-30,33-34H2,1-4H3/t35-,36-,39-,40-,49+,50?,52?,53-/m0/s1. The molecule has 4 aromatic carbocycles. The molecular weight excluding hydrogens is 821 g/mol. The fourth-order valence-corrected chi connectivity index (χ4v) is 12.1. The Hall–Kier alpha value is -6.10. The minimum atomic E-state index is -0.393. The first-order chi connectivity index (χ1) is 32.5. The average molecular weight is 881 g/mol. The zero-order valence-electron chi connectivity index (χ0n) is 38.6. The lowest BCUT2D eigenvalue weighted by molar-refractivity contribution is -0.0510. The van der Waals surface area contributed by atoms with Gasteiger partial charge in [-0.15, -0.1) is 0 Å². The molecule has 3 aromatic heterocycles. The monoisotopic (exact) mass is 880 g/mol. The number of benzene rings is 4. The Morgan fingerprint density at radius 3 is 1.47 bits per heavy atom. The number of hydrogen-bond donors (Lipinski definition) is 0. The Balaban J connectivity index is 1.13. The van der Waals surface area contributed by atoms with Crippen LogP contribution in [0.1, 0.15) is 75.7 Å². The molecule has 6 saturated heterocycles. The average Bonchev–Trinajstić information content (AvgIpc) is 3.39. The molecule has 10 nitrogen and oxygen atoms in total. The van der Waals surface area contributed by atoms with Crippen LogP contribution in [0.15, 0.2) is 122 Å². The third kappa shape index (κ3) is 7.91. The SMILES string of the molecule is CC[C@H]1CN2CC[C@H]1CC2[C@@H](Oc1nc(-c2ccccc2)nc(OC(c2ccnc3ccc(OC)cc23)[C@H]2C[C@@H]3CCN2C[C@@H]3CC)c1-c1ccccc1)c1ccnc2ccc(OC)cc12. The van der Waals surface area contributed by atoms with Crippen molar-refractivity contribution < 1.29 is 18.9 Å². The highest BCUT2D eigenvalue weighted by molar-refractivity contribution is 5.85. The molecule has 6 fully saturated rings. The minimum Gasteiger partial charge on any atom is -0.497 e. The van der Waals surface area contributed by atoms with Crippen molar-refractivity contribution in [2.75, 3.05) is 40.4 Å². The fourth-order valence-electron chi connectivity index (χ4n) is 12.1. The van der Waals surface area contributed by atoms with E-state index in [1.165, 1.54) is 25.7 Å². The van der Waals surface area contributed by atoms with Gasteiger partial charge in [-0.2, -0.15) is 9.97 Å². The summed E-state index contributed by atoms with van der Waals surface area (Å²) < 4.78 is 27.2. The maximum Gasteiger partial charge on any atom is 0.229 e. The topological polar surface area (TPSA) is 95.0 Å². The summed E-state index contributed by atoms with van der Waals surface area (Å²) >= 11 is 0. The Labute approximate surface area is 388 Å². The van der Waals surface area contributed by atoms with E-state index in [9.17, 15) is 0 Å². The summed E-state index contributed by atoms with van der Waals surface area (Å²) in [6.07, 6.45) is 9.90.